The molecule has 0 radical (unpaired) electrons. The van der Waals surface area contributed by atoms with E-state index in [4.69, 9.17) is 16.3 Å². The van der Waals surface area contributed by atoms with Crippen LogP contribution >= 0.6 is 11.6 Å². The first-order valence-corrected chi connectivity index (χ1v) is 6.75. The normalized spacial score (nSPS) is 10.6. The maximum absolute atomic E-state index is 6.20. The molecule has 0 fully saturated rings. The first kappa shape index (κ1) is 13.9. The summed E-state index contributed by atoms with van der Waals surface area (Å²) in [7, 11) is 0. The van der Waals surface area contributed by atoms with Crippen LogP contribution in [0.15, 0.2) is 36.9 Å². The van der Waals surface area contributed by atoms with Gasteiger partial charge < -0.3 is 14.6 Å². The first-order chi connectivity index (χ1) is 9.29. The fourth-order valence-corrected chi connectivity index (χ4v) is 1.98. The van der Waals surface area contributed by atoms with Gasteiger partial charge in [-0.2, -0.15) is 0 Å². The average molecular weight is 280 g/mol. The van der Waals surface area contributed by atoms with Crippen molar-refractivity contribution in [3.8, 4) is 5.75 Å². The number of benzene rings is 1. The van der Waals surface area contributed by atoms with Gasteiger partial charge in [0.1, 0.15) is 12.4 Å². The van der Waals surface area contributed by atoms with Gasteiger partial charge in [0, 0.05) is 18.9 Å². The van der Waals surface area contributed by atoms with Crippen molar-refractivity contribution in [3.05, 3.63) is 47.5 Å². The van der Waals surface area contributed by atoms with E-state index in [2.05, 4.69) is 17.2 Å². The zero-order valence-electron chi connectivity index (χ0n) is 11.0. The zero-order valence-corrected chi connectivity index (χ0v) is 11.7. The van der Waals surface area contributed by atoms with Gasteiger partial charge in [0.25, 0.3) is 0 Å². The van der Waals surface area contributed by atoms with E-state index in [1.54, 1.807) is 12.5 Å². The van der Waals surface area contributed by atoms with Gasteiger partial charge in [0.15, 0.2) is 0 Å². The second-order valence-electron chi connectivity index (χ2n) is 4.19. The van der Waals surface area contributed by atoms with Crippen LogP contribution in [0.2, 0.25) is 5.02 Å². The molecule has 1 heterocycles. The Kier molecular flexibility index (Phi) is 5.24. The maximum Gasteiger partial charge on any atom is 0.137 e. The molecule has 4 nitrogen and oxygen atoms in total. The Bertz CT molecular complexity index is 499. The van der Waals surface area contributed by atoms with Crippen LogP contribution in [0.25, 0.3) is 0 Å². The Balaban J connectivity index is 1.86. The number of imidazole rings is 1. The topological polar surface area (TPSA) is 39.1 Å². The van der Waals surface area contributed by atoms with Crippen LogP contribution in [0.3, 0.4) is 0 Å². The molecule has 0 bridgehead atoms. The first-order valence-electron chi connectivity index (χ1n) is 6.37. The molecule has 0 saturated heterocycles. The van der Waals surface area contributed by atoms with Crippen LogP contribution in [0, 0.1) is 0 Å². The van der Waals surface area contributed by atoms with Crippen molar-refractivity contribution in [2.45, 2.75) is 20.0 Å². The van der Waals surface area contributed by atoms with Crippen LogP contribution < -0.4 is 10.1 Å². The number of halogens is 1. The minimum atomic E-state index is 0.572. The Morgan fingerprint density at radius 1 is 1.42 bits per heavy atom. The second kappa shape index (κ2) is 7.16. The predicted molar refractivity (Wildman–Crippen MR) is 76.6 cm³/mol. The van der Waals surface area contributed by atoms with E-state index in [0.29, 0.717) is 11.6 Å². The summed E-state index contributed by atoms with van der Waals surface area (Å²) < 4.78 is 7.63. The van der Waals surface area contributed by atoms with Gasteiger partial charge in [0.05, 0.1) is 17.9 Å². The number of rotatable bonds is 7. The lowest BCUT2D eigenvalue weighted by Gasteiger charge is -2.10. The molecule has 0 unspecified atom stereocenters. The molecule has 0 spiro atoms. The lowest BCUT2D eigenvalue weighted by Crippen LogP contribution is -2.11. The Labute approximate surface area is 118 Å². The van der Waals surface area contributed by atoms with E-state index in [1.807, 2.05) is 29.0 Å². The summed E-state index contributed by atoms with van der Waals surface area (Å²) in [5.74, 6) is 0.724. The highest BCUT2D eigenvalue weighted by Crippen LogP contribution is 2.25. The minimum Gasteiger partial charge on any atom is -0.490 e. The summed E-state index contributed by atoms with van der Waals surface area (Å²) in [6.45, 7) is 5.18. The van der Waals surface area contributed by atoms with Crippen molar-refractivity contribution in [2.24, 2.45) is 0 Å². The summed E-state index contributed by atoms with van der Waals surface area (Å²) in [6.07, 6.45) is 5.43. The van der Waals surface area contributed by atoms with Crippen LogP contribution in [-0.4, -0.2) is 22.7 Å². The monoisotopic (exact) mass is 279 g/mol. The van der Waals surface area contributed by atoms with Gasteiger partial charge in [-0.15, -0.1) is 0 Å². The molecule has 1 aromatic heterocycles. The number of ether oxygens (including phenoxy) is 1. The molecule has 0 saturated carbocycles. The van der Waals surface area contributed by atoms with Crippen molar-refractivity contribution in [1.82, 2.24) is 14.9 Å². The van der Waals surface area contributed by atoms with Gasteiger partial charge in [-0.05, 0) is 24.2 Å². The largest absolute Gasteiger partial charge is 0.490 e. The third-order valence-corrected chi connectivity index (χ3v) is 3.04. The standard InChI is InChI=1S/C14H18ClN3O/c1-2-16-10-12-3-4-14(13(15)9-12)19-8-7-18-6-5-17-11-18/h3-6,9,11,16H,2,7-8,10H2,1H3. The molecule has 0 amide bonds. The smallest absolute Gasteiger partial charge is 0.137 e. The Morgan fingerprint density at radius 2 is 2.32 bits per heavy atom. The molecule has 0 aliphatic heterocycles. The summed E-state index contributed by atoms with van der Waals surface area (Å²) in [5, 5.41) is 3.92. The molecule has 102 valence electrons. The summed E-state index contributed by atoms with van der Waals surface area (Å²) in [6, 6.07) is 5.89. The molecule has 2 rings (SSSR count). The SMILES string of the molecule is CCNCc1ccc(OCCn2ccnc2)c(Cl)c1. The number of aromatic nitrogens is 2. The van der Waals surface area contributed by atoms with E-state index in [0.717, 1.165) is 30.9 Å². The van der Waals surface area contributed by atoms with Crippen molar-refractivity contribution < 1.29 is 4.74 Å². The number of nitrogens with zero attached hydrogens (tertiary/aromatic N) is 2. The van der Waals surface area contributed by atoms with Crippen LogP contribution in [0.4, 0.5) is 0 Å². The van der Waals surface area contributed by atoms with E-state index in [-0.39, 0.29) is 0 Å². The third kappa shape index (κ3) is 4.26. The van der Waals surface area contributed by atoms with Crippen molar-refractivity contribution >= 4 is 11.6 Å². The van der Waals surface area contributed by atoms with Gasteiger partial charge in [-0.25, -0.2) is 4.98 Å². The van der Waals surface area contributed by atoms with Crippen LogP contribution in [-0.2, 0) is 13.1 Å². The molecule has 0 aliphatic carbocycles. The number of hydrogen-bond acceptors (Lipinski definition) is 3. The summed E-state index contributed by atoms with van der Waals surface area (Å²) in [5.41, 5.74) is 1.16. The van der Waals surface area contributed by atoms with E-state index < -0.39 is 0 Å². The molecular formula is C14H18ClN3O. The molecule has 1 N–H and O–H groups in total. The second-order valence-corrected chi connectivity index (χ2v) is 4.60. The van der Waals surface area contributed by atoms with E-state index in [9.17, 15) is 0 Å². The molecule has 2 aromatic rings. The average Bonchev–Trinajstić information content (AvgIpc) is 2.92. The highest BCUT2D eigenvalue weighted by molar-refractivity contribution is 6.32. The lowest BCUT2D eigenvalue weighted by molar-refractivity contribution is 0.298. The van der Waals surface area contributed by atoms with Crippen LogP contribution in [0.5, 0.6) is 5.75 Å². The number of hydrogen-bond donors (Lipinski definition) is 1. The van der Waals surface area contributed by atoms with Gasteiger partial charge in [-0.1, -0.05) is 24.6 Å². The molecule has 1 aromatic carbocycles. The molecule has 0 aliphatic rings. The highest BCUT2D eigenvalue weighted by Gasteiger charge is 2.03. The van der Waals surface area contributed by atoms with Crippen molar-refractivity contribution in [1.29, 1.82) is 0 Å². The minimum absolute atomic E-state index is 0.572. The predicted octanol–water partition coefficient (Wildman–Crippen LogP) is 2.73. The maximum atomic E-state index is 6.20. The van der Waals surface area contributed by atoms with E-state index >= 15 is 0 Å². The molecule has 19 heavy (non-hydrogen) atoms. The fourth-order valence-electron chi connectivity index (χ4n) is 1.72. The van der Waals surface area contributed by atoms with Gasteiger partial charge in [-0.3, -0.25) is 0 Å². The Morgan fingerprint density at radius 3 is 3.00 bits per heavy atom. The quantitative estimate of drug-likeness (QED) is 0.847. The Hall–Kier alpha value is -1.52. The molecule has 0 atom stereocenters. The fraction of sp³-hybridized carbons (Fsp3) is 0.357. The molecule has 5 heteroatoms. The third-order valence-electron chi connectivity index (χ3n) is 2.74. The van der Waals surface area contributed by atoms with Crippen LogP contribution in [0.1, 0.15) is 12.5 Å². The molecular weight excluding hydrogens is 262 g/mol. The summed E-state index contributed by atoms with van der Waals surface area (Å²) in [4.78, 5) is 3.98. The highest BCUT2D eigenvalue weighted by atomic mass is 35.5. The van der Waals surface area contributed by atoms with Gasteiger partial charge >= 0.3 is 0 Å². The lowest BCUT2D eigenvalue weighted by atomic mass is 10.2. The zero-order chi connectivity index (χ0) is 13.5. The number of nitrogens with one attached hydrogen (secondary N) is 1. The van der Waals surface area contributed by atoms with Crippen molar-refractivity contribution in [3.63, 3.8) is 0 Å². The summed E-state index contributed by atoms with van der Waals surface area (Å²) >= 11 is 6.20. The van der Waals surface area contributed by atoms with E-state index in [1.165, 1.54) is 0 Å². The van der Waals surface area contributed by atoms with Gasteiger partial charge in [0.2, 0.25) is 0 Å². The van der Waals surface area contributed by atoms with Crippen molar-refractivity contribution in [2.75, 3.05) is 13.2 Å².